The molecule has 0 radical (unpaired) electrons. The molecule has 8 nitrogen and oxygen atoms in total. The van der Waals surface area contributed by atoms with E-state index in [0.29, 0.717) is 5.56 Å². The van der Waals surface area contributed by atoms with E-state index in [1.807, 2.05) is 34.9 Å². The number of halogens is 2. The molecular formula is C25H23Cl2N5O3S. The molecule has 2 N–H and O–H groups in total. The third-order valence-electron chi connectivity index (χ3n) is 5.70. The van der Waals surface area contributed by atoms with Gasteiger partial charge in [0.05, 0.1) is 28.7 Å². The predicted octanol–water partition coefficient (Wildman–Crippen LogP) is 4.67. The Morgan fingerprint density at radius 3 is 2.17 bits per heavy atom. The number of hydrogen-bond acceptors (Lipinski definition) is 5. The van der Waals surface area contributed by atoms with Gasteiger partial charge in [-0.15, -0.1) is 24.8 Å². The molecular weight excluding hydrogens is 521 g/mol. The van der Waals surface area contributed by atoms with E-state index in [-0.39, 0.29) is 35.6 Å². The number of carbonyl (C=O) groups excluding carboxylic acids is 1. The van der Waals surface area contributed by atoms with Crippen LogP contribution in [-0.4, -0.2) is 47.2 Å². The summed E-state index contributed by atoms with van der Waals surface area (Å²) < 4.78 is 25.6. The Morgan fingerprint density at radius 1 is 0.889 bits per heavy atom. The molecule has 5 rings (SSSR count). The highest BCUT2D eigenvalue weighted by Gasteiger charge is 2.14. The minimum absolute atomic E-state index is 0. The minimum Gasteiger partial charge on any atom is -0.355 e. The standard InChI is InChI=1S/C25H21N5O3S.2ClH/c1-26-25(31)18-5-3-16(4-6-18)22-14-27-23-12-9-19(15-30(22)23)21-13-28-29-24(21)17-7-10-20(11-8-17)34(2,32)33;;/h3-15H,1-2H3,(H,26,31)(H,28,29);2*1H. The van der Waals surface area contributed by atoms with Crippen molar-refractivity contribution in [2.75, 3.05) is 13.3 Å². The van der Waals surface area contributed by atoms with E-state index in [1.54, 1.807) is 55.8 Å². The maximum absolute atomic E-state index is 11.8. The van der Waals surface area contributed by atoms with Gasteiger partial charge in [-0.2, -0.15) is 5.10 Å². The van der Waals surface area contributed by atoms with Gasteiger partial charge >= 0.3 is 0 Å². The summed E-state index contributed by atoms with van der Waals surface area (Å²) in [6.45, 7) is 0. The number of amides is 1. The van der Waals surface area contributed by atoms with Gasteiger partial charge in [0.2, 0.25) is 0 Å². The molecule has 36 heavy (non-hydrogen) atoms. The van der Waals surface area contributed by atoms with Gasteiger partial charge in [0.15, 0.2) is 9.84 Å². The van der Waals surface area contributed by atoms with Gasteiger partial charge in [0, 0.05) is 47.3 Å². The monoisotopic (exact) mass is 543 g/mol. The van der Waals surface area contributed by atoms with Crippen LogP contribution in [0.3, 0.4) is 0 Å². The normalized spacial score (nSPS) is 10.9. The SMILES string of the molecule is CNC(=O)c1ccc(-c2cnc3ccc(-c4cn[nH]c4-c4ccc(S(C)(=O)=O)cc4)cn23)cc1.Cl.Cl. The van der Waals surface area contributed by atoms with Crippen molar-refractivity contribution < 1.29 is 13.2 Å². The van der Waals surface area contributed by atoms with Crippen LogP contribution in [0.25, 0.3) is 39.3 Å². The number of carbonyl (C=O) groups is 1. The average Bonchev–Trinajstić information content (AvgIpc) is 3.50. The van der Waals surface area contributed by atoms with Crippen LogP contribution in [0.5, 0.6) is 0 Å². The van der Waals surface area contributed by atoms with Gasteiger partial charge < -0.3 is 5.32 Å². The van der Waals surface area contributed by atoms with Crippen LogP contribution in [0, 0.1) is 0 Å². The number of imidazole rings is 1. The van der Waals surface area contributed by atoms with Crippen molar-refractivity contribution >= 4 is 46.2 Å². The smallest absolute Gasteiger partial charge is 0.251 e. The Morgan fingerprint density at radius 2 is 1.53 bits per heavy atom. The molecule has 0 saturated carbocycles. The summed E-state index contributed by atoms with van der Waals surface area (Å²) in [4.78, 5) is 16.6. The Balaban J connectivity index is 0.00000180. The molecule has 0 bridgehead atoms. The van der Waals surface area contributed by atoms with E-state index in [4.69, 9.17) is 0 Å². The minimum atomic E-state index is -3.27. The van der Waals surface area contributed by atoms with E-state index in [1.165, 1.54) is 6.26 Å². The quantitative estimate of drug-likeness (QED) is 0.335. The molecule has 0 fully saturated rings. The number of benzene rings is 2. The molecule has 0 saturated heterocycles. The number of hydrogen-bond donors (Lipinski definition) is 2. The lowest BCUT2D eigenvalue weighted by Gasteiger charge is -2.08. The molecule has 3 heterocycles. The third-order valence-corrected chi connectivity index (χ3v) is 6.83. The van der Waals surface area contributed by atoms with Crippen molar-refractivity contribution in [3.05, 3.63) is 84.8 Å². The van der Waals surface area contributed by atoms with Crippen molar-refractivity contribution in [1.29, 1.82) is 0 Å². The molecule has 0 aliphatic rings. The van der Waals surface area contributed by atoms with Crippen LogP contribution in [0.1, 0.15) is 10.4 Å². The summed E-state index contributed by atoms with van der Waals surface area (Å²) in [5.74, 6) is -0.135. The van der Waals surface area contributed by atoms with Gasteiger partial charge in [-0.05, 0) is 36.4 Å². The number of sulfone groups is 1. The van der Waals surface area contributed by atoms with Crippen LogP contribution < -0.4 is 5.32 Å². The first-order chi connectivity index (χ1) is 16.3. The zero-order valence-electron chi connectivity index (χ0n) is 19.3. The molecule has 1 amide bonds. The first kappa shape index (κ1) is 26.9. The lowest BCUT2D eigenvalue weighted by Crippen LogP contribution is -2.17. The van der Waals surface area contributed by atoms with Crippen LogP contribution in [0.2, 0.25) is 0 Å². The number of H-pyrrole nitrogens is 1. The summed E-state index contributed by atoms with van der Waals surface area (Å²) in [7, 11) is -1.66. The van der Waals surface area contributed by atoms with Crippen molar-refractivity contribution in [3.8, 4) is 33.6 Å². The second kappa shape index (κ2) is 10.5. The van der Waals surface area contributed by atoms with Crippen molar-refractivity contribution in [2.45, 2.75) is 4.90 Å². The lowest BCUT2D eigenvalue weighted by molar-refractivity contribution is 0.0963. The van der Waals surface area contributed by atoms with E-state index in [0.717, 1.165) is 39.3 Å². The van der Waals surface area contributed by atoms with E-state index in [9.17, 15) is 13.2 Å². The Bertz CT molecular complexity index is 1630. The fourth-order valence-corrected chi connectivity index (χ4v) is 4.51. The molecule has 0 atom stereocenters. The highest BCUT2D eigenvalue weighted by atomic mass is 35.5. The van der Waals surface area contributed by atoms with Gasteiger partial charge in [0.1, 0.15) is 5.65 Å². The first-order valence-corrected chi connectivity index (χ1v) is 12.4. The van der Waals surface area contributed by atoms with Crippen molar-refractivity contribution in [3.63, 3.8) is 0 Å². The predicted molar refractivity (Wildman–Crippen MR) is 145 cm³/mol. The molecule has 186 valence electrons. The number of aromatic amines is 1. The van der Waals surface area contributed by atoms with Crippen LogP contribution >= 0.6 is 24.8 Å². The van der Waals surface area contributed by atoms with Gasteiger partial charge in [0.25, 0.3) is 5.91 Å². The topological polar surface area (TPSA) is 109 Å². The average molecular weight is 544 g/mol. The van der Waals surface area contributed by atoms with E-state index < -0.39 is 9.84 Å². The molecule has 0 aliphatic heterocycles. The van der Waals surface area contributed by atoms with Crippen LogP contribution in [0.4, 0.5) is 0 Å². The van der Waals surface area contributed by atoms with E-state index in [2.05, 4.69) is 20.5 Å². The molecule has 3 aromatic heterocycles. The number of nitrogens with zero attached hydrogens (tertiary/aromatic N) is 3. The Kier molecular flexibility index (Phi) is 7.88. The summed E-state index contributed by atoms with van der Waals surface area (Å²) in [5.41, 5.74) is 6.62. The first-order valence-electron chi connectivity index (χ1n) is 10.5. The molecule has 5 aromatic rings. The summed E-state index contributed by atoms with van der Waals surface area (Å²) in [6, 6.07) is 18.0. The number of fused-ring (bicyclic) bond motifs is 1. The molecule has 0 aliphatic carbocycles. The van der Waals surface area contributed by atoms with Crippen LogP contribution in [-0.2, 0) is 9.84 Å². The fourth-order valence-electron chi connectivity index (χ4n) is 3.88. The number of aromatic nitrogens is 4. The summed E-state index contributed by atoms with van der Waals surface area (Å²) in [5, 5.41) is 9.87. The highest BCUT2D eigenvalue weighted by molar-refractivity contribution is 7.90. The zero-order chi connectivity index (χ0) is 23.9. The fraction of sp³-hybridized carbons (Fsp3) is 0.0800. The van der Waals surface area contributed by atoms with Gasteiger partial charge in [-0.3, -0.25) is 14.3 Å². The van der Waals surface area contributed by atoms with Crippen LogP contribution in [0.15, 0.2) is 84.1 Å². The van der Waals surface area contributed by atoms with Crippen molar-refractivity contribution in [2.24, 2.45) is 0 Å². The second-order valence-corrected chi connectivity index (χ2v) is 9.92. The number of rotatable bonds is 5. The van der Waals surface area contributed by atoms with Gasteiger partial charge in [-0.1, -0.05) is 24.3 Å². The Labute approximate surface area is 220 Å². The van der Waals surface area contributed by atoms with E-state index >= 15 is 0 Å². The molecule has 0 spiro atoms. The van der Waals surface area contributed by atoms with Crippen molar-refractivity contribution in [1.82, 2.24) is 24.9 Å². The molecule has 11 heteroatoms. The molecule has 0 unspecified atom stereocenters. The summed E-state index contributed by atoms with van der Waals surface area (Å²) >= 11 is 0. The number of pyridine rings is 1. The second-order valence-electron chi connectivity index (χ2n) is 7.90. The summed E-state index contributed by atoms with van der Waals surface area (Å²) in [6.07, 6.45) is 6.72. The zero-order valence-corrected chi connectivity index (χ0v) is 21.7. The Hall–Kier alpha value is -3.66. The van der Waals surface area contributed by atoms with Gasteiger partial charge in [-0.25, -0.2) is 13.4 Å². The highest BCUT2D eigenvalue weighted by Crippen LogP contribution is 2.32. The maximum atomic E-state index is 11.8. The maximum Gasteiger partial charge on any atom is 0.251 e. The number of nitrogens with one attached hydrogen (secondary N) is 2. The largest absolute Gasteiger partial charge is 0.355 e. The lowest BCUT2D eigenvalue weighted by atomic mass is 10.0. The molecule has 2 aromatic carbocycles. The third kappa shape index (κ3) is 4.99.